The van der Waals surface area contributed by atoms with E-state index in [0.29, 0.717) is 17.9 Å². The Balaban J connectivity index is 1.64. The Bertz CT molecular complexity index is 1370. The molecule has 0 spiro atoms. The summed E-state index contributed by atoms with van der Waals surface area (Å²) in [6, 6.07) is 9.76. The number of imide groups is 1. The first-order valence-corrected chi connectivity index (χ1v) is 12.3. The van der Waals surface area contributed by atoms with Gasteiger partial charge in [-0.1, -0.05) is 30.4 Å². The largest absolute Gasteiger partial charge is 0.416 e. The fourth-order valence-corrected chi connectivity index (χ4v) is 5.12. The number of hydrogen-bond acceptors (Lipinski definition) is 4. The summed E-state index contributed by atoms with van der Waals surface area (Å²) in [6.07, 6.45) is 2.41. The summed E-state index contributed by atoms with van der Waals surface area (Å²) in [7, 11) is 0. The van der Waals surface area contributed by atoms with E-state index < -0.39 is 29.7 Å². The van der Waals surface area contributed by atoms with Gasteiger partial charge < -0.3 is 0 Å². The van der Waals surface area contributed by atoms with Gasteiger partial charge in [0.1, 0.15) is 5.78 Å². The molecule has 0 aromatic heterocycles. The number of halogens is 3. The molecule has 196 valence electrons. The van der Waals surface area contributed by atoms with Crippen molar-refractivity contribution in [1.29, 1.82) is 0 Å². The van der Waals surface area contributed by atoms with Gasteiger partial charge >= 0.3 is 18.2 Å². The lowest BCUT2D eigenvalue weighted by Crippen LogP contribution is -2.48. The minimum atomic E-state index is -4.65. The molecule has 2 atom stereocenters. The molecule has 2 aromatic rings. The number of fused-ring (bicyclic) bond motifs is 1. The quantitative estimate of drug-likeness (QED) is 0.470. The van der Waals surface area contributed by atoms with E-state index in [1.807, 2.05) is 6.08 Å². The second kappa shape index (κ2) is 9.92. The van der Waals surface area contributed by atoms with E-state index in [1.165, 1.54) is 11.0 Å². The smallest absolute Gasteiger partial charge is 0.299 e. The summed E-state index contributed by atoms with van der Waals surface area (Å²) < 4.78 is 41.1. The number of amides is 4. The van der Waals surface area contributed by atoms with Crippen molar-refractivity contribution < 1.29 is 27.6 Å². The number of benzene rings is 2. The summed E-state index contributed by atoms with van der Waals surface area (Å²) in [5.41, 5.74) is -0.159. The summed E-state index contributed by atoms with van der Waals surface area (Å²) in [5, 5.41) is 0. The Morgan fingerprint density at radius 3 is 2.39 bits per heavy atom. The number of rotatable bonds is 4. The molecule has 0 saturated carbocycles. The number of alkyl halides is 3. The summed E-state index contributed by atoms with van der Waals surface area (Å²) in [5.74, 6) is -0.667. The first-order chi connectivity index (χ1) is 18.2. The first-order valence-electron chi connectivity index (χ1n) is 12.3. The predicted molar refractivity (Wildman–Crippen MR) is 137 cm³/mol. The van der Waals surface area contributed by atoms with Crippen LogP contribution in [0.1, 0.15) is 25.3 Å². The lowest BCUT2D eigenvalue weighted by Gasteiger charge is -2.34. The van der Waals surface area contributed by atoms with E-state index in [4.69, 9.17) is 0 Å². The molecule has 2 aliphatic heterocycles. The molecule has 7 nitrogen and oxygen atoms in total. The number of allylic oxidation sites excluding steroid dienone is 3. The Kier molecular flexibility index (Phi) is 6.64. The highest BCUT2D eigenvalue weighted by Gasteiger charge is 2.43. The van der Waals surface area contributed by atoms with Gasteiger partial charge in [0.25, 0.3) is 0 Å². The number of aliphatic imine (C=N–C) groups is 1. The predicted octanol–water partition coefficient (Wildman–Crippen LogP) is 6.35. The Hall–Kier alpha value is -4.21. The highest BCUT2D eigenvalue weighted by molar-refractivity contribution is 6.17. The van der Waals surface area contributed by atoms with E-state index in [2.05, 4.69) is 4.99 Å². The standard InChI is InChI=1S/C28H25F3N4O3/c1-2-33-23-12-10-19(28(29,30)31)15-24(23)34(20-8-4-3-5-9-20)27(38)35(26(33)37)21-11-13-25(36)22(16-21)18-7-6-14-32-17-18/h3-12,14-15,18,22H,2,13,16-17H2,1H3. The van der Waals surface area contributed by atoms with Crippen LogP contribution in [0.2, 0.25) is 0 Å². The van der Waals surface area contributed by atoms with Gasteiger partial charge in [-0.15, -0.1) is 0 Å². The van der Waals surface area contributed by atoms with E-state index in [-0.39, 0.29) is 42.5 Å². The summed E-state index contributed by atoms with van der Waals surface area (Å²) in [4.78, 5) is 48.5. The van der Waals surface area contributed by atoms with Crippen molar-refractivity contribution in [3.8, 4) is 0 Å². The first kappa shape index (κ1) is 25.4. The van der Waals surface area contributed by atoms with Gasteiger partial charge in [0.15, 0.2) is 0 Å². The minimum Gasteiger partial charge on any atom is -0.299 e. The van der Waals surface area contributed by atoms with Gasteiger partial charge in [-0.2, -0.15) is 13.2 Å². The van der Waals surface area contributed by atoms with Gasteiger partial charge in [-0.25, -0.2) is 14.5 Å². The van der Waals surface area contributed by atoms with Crippen molar-refractivity contribution in [2.24, 2.45) is 16.8 Å². The summed E-state index contributed by atoms with van der Waals surface area (Å²) >= 11 is 0. The van der Waals surface area contributed by atoms with Crippen molar-refractivity contribution in [2.45, 2.75) is 25.9 Å². The zero-order valence-corrected chi connectivity index (χ0v) is 20.6. The third-order valence-electron chi connectivity index (χ3n) is 7.02. The number of hydrogen-bond donors (Lipinski definition) is 0. The molecule has 0 N–H and O–H groups in total. The molecular formula is C28H25F3N4O3. The normalized spacial score (nSPS) is 21.9. The molecule has 5 rings (SSSR count). The SMILES string of the molecule is CCN1C(=O)N(C2=CCC(=O)C(C3C=CC=NC3)C2)C(=O)N(c2ccccc2)c2cc(C(F)(F)F)ccc21. The Labute approximate surface area is 217 Å². The topological polar surface area (TPSA) is 73.3 Å². The van der Waals surface area contributed by atoms with Gasteiger partial charge in [0.2, 0.25) is 0 Å². The number of urea groups is 2. The van der Waals surface area contributed by atoms with Crippen LogP contribution < -0.4 is 9.80 Å². The number of para-hydroxylation sites is 1. The van der Waals surface area contributed by atoms with Crippen LogP contribution in [0.4, 0.5) is 39.8 Å². The molecule has 2 unspecified atom stereocenters. The van der Waals surface area contributed by atoms with Crippen molar-refractivity contribution in [1.82, 2.24) is 4.90 Å². The number of Topliss-reactive ketones (excluding diaryl/α,β-unsaturated/α-hetero) is 1. The van der Waals surface area contributed by atoms with Crippen LogP contribution in [0.5, 0.6) is 0 Å². The molecule has 4 amide bonds. The van der Waals surface area contributed by atoms with Gasteiger partial charge in [0, 0.05) is 43.3 Å². The zero-order chi connectivity index (χ0) is 27.0. The maximum atomic E-state index is 14.2. The maximum Gasteiger partial charge on any atom is 0.416 e. The minimum absolute atomic E-state index is 0.0133. The molecule has 0 radical (unpaired) electrons. The number of carbonyl (C=O) groups is 3. The Morgan fingerprint density at radius 2 is 1.74 bits per heavy atom. The van der Waals surface area contributed by atoms with Gasteiger partial charge in [-0.3, -0.25) is 19.6 Å². The van der Waals surface area contributed by atoms with Crippen LogP contribution in [0, 0.1) is 11.8 Å². The fraction of sp³-hybridized carbons (Fsp3) is 0.286. The average molecular weight is 523 g/mol. The molecule has 2 heterocycles. The van der Waals surface area contributed by atoms with Crippen LogP contribution in [0.15, 0.2) is 77.4 Å². The van der Waals surface area contributed by atoms with E-state index in [1.54, 1.807) is 55.6 Å². The van der Waals surface area contributed by atoms with Gasteiger partial charge in [0.05, 0.1) is 22.6 Å². The molecule has 38 heavy (non-hydrogen) atoms. The van der Waals surface area contributed by atoms with E-state index in [0.717, 1.165) is 21.9 Å². The van der Waals surface area contributed by atoms with Crippen molar-refractivity contribution in [2.75, 3.05) is 22.9 Å². The molecule has 3 aliphatic rings. The Morgan fingerprint density at radius 1 is 0.974 bits per heavy atom. The molecule has 1 aliphatic carbocycles. The number of carbonyl (C=O) groups excluding carboxylic acids is 3. The van der Waals surface area contributed by atoms with Crippen LogP contribution in [0.25, 0.3) is 0 Å². The van der Waals surface area contributed by atoms with Crippen LogP contribution in [-0.4, -0.2) is 42.0 Å². The highest BCUT2D eigenvalue weighted by Crippen LogP contribution is 2.44. The number of ketones is 1. The lowest BCUT2D eigenvalue weighted by molar-refractivity contribution is -0.137. The number of nitrogens with zero attached hydrogens (tertiary/aromatic N) is 4. The van der Waals surface area contributed by atoms with Crippen LogP contribution in [0.3, 0.4) is 0 Å². The third kappa shape index (κ3) is 4.51. The second-order valence-electron chi connectivity index (χ2n) is 9.26. The van der Waals surface area contributed by atoms with Crippen molar-refractivity contribution >= 4 is 41.1 Å². The lowest BCUT2D eigenvalue weighted by atomic mass is 9.79. The highest BCUT2D eigenvalue weighted by atomic mass is 19.4. The molecule has 0 saturated heterocycles. The maximum absolute atomic E-state index is 14.2. The van der Waals surface area contributed by atoms with E-state index >= 15 is 0 Å². The number of anilines is 3. The van der Waals surface area contributed by atoms with E-state index in [9.17, 15) is 27.6 Å². The van der Waals surface area contributed by atoms with Crippen molar-refractivity contribution in [3.05, 3.63) is 78.0 Å². The van der Waals surface area contributed by atoms with Crippen molar-refractivity contribution in [3.63, 3.8) is 0 Å². The molecule has 0 bridgehead atoms. The fourth-order valence-electron chi connectivity index (χ4n) is 5.12. The zero-order valence-electron chi connectivity index (χ0n) is 20.6. The molecular weight excluding hydrogens is 497 g/mol. The van der Waals surface area contributed by atoms with Crippen LogP contribution in [-0.2, 0) is 11.0 Å². The van der Waals surface area contributed by atoms with Crippen LogP contribution >= 0.6 is 0 Å². The third-order valence-corrected chi connectivity index (χ3v) is 7.02. The van der Waals surface area contributed by atoms with Gasteiger partial charge in [-0.05, 0) is 49.8 Å². The summed E-state index contributed by atoms with van der Waals surface area (Å²) in [6.45, 7) is 2.22. The molecule has 0 fully saturated rings. The second-order valence-corrected chi connectivity index (χ2v) is 9.26. The average Bonchev–Trinajstić information content (AvgIpc) is 3.00. The molecule has 10 heteroatoms. The number of dihydropyridines is 1. The monoisotopic (exact) mass is 522 g/mol. The molecule has 2 aromatic carbocycles.